The molecular weight excluding hydrogens is 308 g/mol. The summed E-state index contributed by atoms with van der Waals surface area (Å²) >= 11 is 1.66. The van der Waals surface area contributed by atoms with Gasteiger partial charge in [0, 0.05) is 11.9 Å². The Bertz CT molecular complexity index is 711. The molecule has 2 aromatic carbocycles. The van der Waals surface area contributed by atoms with E-state index in [0.29, 0.717) is 11.3 Å². The molecule has 0 aliphatic rings. The van der Waals surface area contributed by atoms with Gasteiger partial charge < -0.3 is 10.6 Å². The van der Waals surface area contributed by atoms with E-state index in [1.54, 1.807) is 24.9 Å². The average molecular weight is 328 g/mol. The number of carbonyl (C=O) groups excluding carboxylic acids is 2. The second-order valence-electron chi connectivity index (χ2n) is 5.15. The number of amides is 2. The lowest BCUT2D eigenvalue weighted by Crippen LogP contribution is -2.23. The van der Waals surface area contributed by atoms with Crippen LogP contribution in [0.2, 0.25) is 0 Å². The van der Waals surface area contributed by atoms with E-state index in [4.69, 9.17) is 0 Å². The second-order valence-corrected chi connectivity index (χ2v) is 6.03. The molecule has 0 saturated heterocycles. The van der Waals surface area contributed by atoms with Crippen LogP contribution in [0, 0.1) is 6.92 Å². The van der Waals surface area contributed by atoms with Gasteiger partial charge in [0.1, 0.15) is 0 Å². The third-order valence-corrected chi connectivity index (χ3v) is 4.27. The Labute approximate surface area is 140 Å². The lowest BCUT2D eigenvalue weighted by Gasteiger charge is -2.12. The predicted molar refractivity (Wildman–Crippen MR) is 95.1 cm³/mol. The summed E-state index contributed by atoms with van der Waals surface area (Å²) in [5, 5.41) is 5.44. The number of aryl methyl sites for hydroxylation is 1. The van der Waals surface area contributed by atoms with Crippen LogP contribution in [0.3, 0.4) is 0 Å². The highest BCUT2D eigenvalue weighted by atomic mass is 32.2. The largest absolute Gasteiger partial charge is 0.355 e. The zero-order valence-corrected chi connectivity index (χ0v) is 14.3. The highest BCUT2D eigenvalue weighted by Crippen LogP contribution is 2.20. The van der Waals surface area contributed by atoms with Crippen molar-refractivity contribution in [3.05, 3.63) is 59.2 Å². The molecule has 0 aliphatic carbocycles. The molecule has 0 saturated carbocycles. The first-order valence-electron chi connectivity index (χ1n) is 7.29. The molecule has 0 radical (unpaired) electrons. The van der Waals surface area contributed by atoms with Gasteiger partial charge in [-0.25, -0.2) is 0 Å². The minimum absolute atomic E-state index is 0.141. The molecule has 0 fully saturated rings. The van der Waals surface area contributed by atoms with E-state index in [0.717, 1.165) is 16.0 Å². The zero-order valence-electron chi connectivity index (χ0n) is 13.5. The number of thioether (sulfide) groups is 1. The normalized spacial score (nSPS) is 10.2. The molecule has 0 aliphatic heterocycles. The standard InChI is InChI=1S/C18H20N2O2S/c1-12-5-4-6-15(17(12)18(22)19-2)20-16(21)11-13-7-9-14(23-3)10-8-13/h4-10H,11H2,1-3H3,(H,19,22)(H,20,21). The number of rotatable bonds is 5. The molecule has 2 aromatic rings. The smallest absolute Gasteiger partial charge is 0.253 e. The summed E-state index contributed by atoms with van der Waals surface area (Å²) < 4.78 is 0. The van der Waals surface area contributed by atoms with Gasteiger partial charge in [-0.3, -0.25) is 9.59 Å². The maximum Gasteiger partial charge on any atom is 0.253 e. The van der Waals surface area contributed by atoms with Crippen molar-refractivity contribution in [1.29, 1.82) is 0 Å². The molecule has 2 amide bonds. The molecule has 2 N–H and O–H groups in total. The molecular formula is C18H20N2O2S. The first-order chi connectivity index (χ1) is 11.0. The third-order valence-electron chi connectivity index (χ3n) is 3.52. The van der Waals surface area contributed by atoms with Crippen LogP contribution in [0.15, 0.2) is 47.4 Å². The number of hydrogen-bond acceptors (Lipinski definition) is 3. The van der Waals surface area contributed by atoms with Crippen molar-refractivity contribution in [2.45, 2.75) is 18.2 Å². The molecule has 0 spiro atoms. The number of benzene rings is 2. The van der Waals surface area contributed by atoms with Crippen molar-refractivity contribution in [1.82, 2.24) is 5.32 Å². The van der Waals surface area contributed by atoms with Crippen LogP contribution in [0.1, 0.15) is 21.5 Å². The molecule has 0 atom stereocenters. The highest BCUT2D eigenvalue weighted by Gasteiger charge is 2.15. The van der Waals surface area contributed by atoms with E-state index in [1.165, 1.54) is 0 Å². The van der Waals surface area contributed by atoms with Gasteiger partial charge in [-0.1, -0.05) is 24.3 Å². The van der Waals surface area contributed by atoms with Gasteiger partial charge in [-0.15, -0.1) is 11.8 Å². The van der Waals surface area contributed by atoms with E-state index in [1.807, 2.05) is 49.6 Å². The molecule has 0 heterocycles. The molecule has 23 heavy (non-hydrogen) atoms. The number of hydrogen-bond donors (Lipinski definition) is 2. The number of carbonyl (C=O) groups is 2. The highest BCUT2D eigenvalue weighted by molar-refractivity contribution is 7.98. The monoisotopic (exact) mass is 328 g/mol. The molecule has 5 heteroatoms. The SMILES string of the molecule is CNC(=O)c1c(C)cccc1NC(=O)Cc1ccc(SC)cc1. The number of anilines is 1. The van der Waals surface area contributed by atoms with Crippen molar-refractivity contribution < 1.29 is 9.59 Å². The van der Waals surface area contributed by atoms with Gasteiger partial charge >= 0.3 is 0 Å². The fraction of sp³-hybridized carbons (Fsp3) is 0.222. The van der Waals surface area contributed by atoms with Crippen molar-refractivity contribution in [2.24, 2.45) is 0 Å². The lowest BCUT2D eigenvalue weighted by atomic mass is 10.1. The van der Waals surface area contributed by atoms with Crippen LogP contribution in [0.25, 0.3) is 0 Å². The van der Waals surface area contributed by atoms with Gasteiger partial charge in [0.25, 0.3) is 5.91 Å². The van der Waals surface area contributed by atoms with E-state index in [9.17, 15) is 9.59 Å². The summed E-state index contributed by atoms with van der Waals surface area (Å²) in [6.07, 6.45) is 2.29. The van der Waals surface area contributed by atoms with Crippen LogP contribution < -0.4 is 10.6 Å². The van der Waals surface area contributed by atoms with Crippen molar-refractivity contribution in [3.8, 4) is 0 Å². The second kappa shape index (κ2) is 7.83. The van der Waals surface area contributed by atoms with Gasteiger partial charge in [0.15, 0.2) is 0 Å². The fourth-order valence-corrected chi connectivity index (χ4v) is 2.73. The predicted octanol–water partition coefficient (Wildman–Crippen LogP) is 3.26. The van der Waals surface area contributed by atoms with Crippen LogP contribution >= 0.6 is 11.8 Å². The third kappa shape index (κ3) is 4.36. The summed E-state index contributed by atoms with van der Waals surface area (Å²) in [6.45, 7) is 1.85. The Hall–Kier alpha value is -2.27. The van der Waals surface area contributed by atoms with Crippen molar-refractivity contribution >= 4 is 29.3 Å². The summed E-state index contributed by atoms with van der Waals surface area (Å²) in [6, 6.07) is 13.3. The maximum absolute atomic E-state index is 12.3. The van der Waals surface area contributed by atoms with Crippen LogP contribution in [-0.2, 0) is 11.2 Å². The van der Waals surface area contributed by atoms with E-state index in [-0.39, 0.29) is 18.2 Å². The fourth-order valence-electron chi connectivity index (χ4n) is 2.32. The van der Waals surface area contributed by atoms with Crippen LogP contribution in [0.4, 0.5) is 5.69 Å². The Kier molecular flexibility index (Phi) is 5.82. The van der Waals surface area contributed by atoms with Gasteiger partial charge in [0.2, 0.25) is 5.91 Å². The topological polar surface area (TPSA) is 58.2 Å². The van der Waals surface area contributed by atoms with Gasteiger partial charge in [-0.2, -0.15) is 0 Å². The van der Waals surface area contributed by atoms with Gasteiger partial charge in [0.05, 0.1) is 17.7 Å². The maximum atomic E-state index is 12.3. The van der Waals surface area contributed by atoms with Crippen molar-refractivity contribution in [2.75, 3.05) is 18.6 Å². The Balaban J connectivity index is 2.13. The minimum atomic E-state index is -0.206. The molecule has 4 nitrogen and oxygen atoms in total. The minimum Gasteiger partial charge on any atom is -0.355 e. The van der Waals surface area contributed by atoms with Crippen molar-refractivity contribution in [3.63, 3.8) is 0 Å². The molecule has 0 bridgehead atoms. The van der Waals surface area contributed by atoms with E-state index >= 15 is 0 Å². The Morgan fingerprint density at radius 2 is 1.78 bits per heavy atom. The Morgan fingerprint density at radius 3 is 2.39 bits per heavy atom. The lowest BCUT2D eigenvalue weighted by molar-refractivity contribution is -0.115. The number of nitrogens with one attached hydrogen (secondary N) is 2. The van der Waals surface area contributed by atoms with E-state index in [2.05, 4.69) is 10.6 Å². The summed E-state index contributed by atoms with van der Waals surface area (Å²) in [7, 11) is 1.58. The molecule has 120 valence electrons. The molecule has 0 aromatic heterocycles. The van der Waals surface area contributed by atoms with Gasteiger partial charge in [-0.05, 0) is 42.5 Å². The quantitative estimate of drug-likeness (QED) is 0.828. The van der Waals surface area contributed by atoms with E-state index < -0.39 is 0 Å². The summed E-state index contributed by atoms with van der Waals surface area (Å²) in [5.74, 6) is -0.347. The average Bonchev–Trinajstić information content (AvgIpc) is 2.55. The summed E-state index contributed by atoms with van der Waals surface area (Å²) in [4.78, 5) is 25.4. The first kappa shape index (κ1) is 17.1. The summed E-state index contributed by atoms with van der Waals surface area (Å²) in [5.41, 5.74) is 2.80. The Morgan fingerprint density at radius 1 is 1.09 bits per heavy atom. The van der Waals surface area contributed by atoms with Crippen LogP contribution in [-0.4, -0.2) is 25.1 Å². The first-order valence-corrected chi connectivity index (χ1v) is 8.52. The zero-order chi connectivity index (χ0) is 16.8. The molecule has 0 unspecified atom stereocenters. The molecule has 2 rings (SSSR count). The van der Waals surface area contributed by atoms with Crippen LogP contribution in [0.5, 0.6) is 0 Å².